The summed E-state index contributed by atoms with van der Waals surface area (Å²) in [6, 6.07) is 0. The van der Waals surface area contributed by atoms with Gasteiger partial charge in [0.1, 0.15) is 0 Å². The fraction of sp³-hybridized carbons (Fsp3) is 0.882. The number of aliphatic hydroxyl groups is 1. The van der Waals surface area contributed by atoms with E-state index in [9.17, 15) is 18.1 Å². The summed E-state index contributed by atoms with van der Waals surface area (Å²) in [5.74, 6) is 1.57. The van der Waals surface area contributed by atoms with Gasteiger partial charge in [-0.3, -0.25) is 0 Å². The van der Waals surface area contributed by atoms with E-state index >= 15 is 0 Å². The minimum absolute atomic E-state index is 0. The summed E-state index contributed by atoms with van der Waals surface area (Å²) in [4.78, 5) is 0. The summed E-state index contributed by atoms with van der Waals surface area (Å²) in [5.41, 5.74) is 0. The molecule has 1 N–H and O–H groups in total. The van der Waals surface area contributed by atoms with E-state index in [1.54, 1.807) is 11.8 Å². The third kappa shape index (κ3) is 23.0. The van der Waals surface area contributed by atoms with Crippen molar-refractivity contribution in [1.82, 2.24) is 0 Å². The van der Waals surface area contributed by atoms with Crippen molar-refractivity contribution in [1.29, 1.82) is 0 Å². The summed E-state index contributed by atoms with van der Waals surface area (Å²) in [6.45, 7) is 2.13. The first-order valence-corrected chi connectivity index (χ1v) is 11.5. The zero-order valence-corrected chi connectivity index (χ0v) is 19.0. The Kier molecular flexibility index (Phi) is 21.2. The average Bonchev–Trinajstić information content (AvgIpc) is 2.48. The minimum atomic E-state index is -4.03. The van der Waals surface area contributed by atoms with Gasteiger partial charge in [0.15, 0.2) is 0 Å². The number of hydrogen-bond donors (Lipinski definition) is 1. The van der Waals surface area contributed by atoms with Crippen molar-refractivity contribution in [2.45, 2.75) is 77.2 Å². The van der Waals surface area contributed by atoms with E-state index in [4.69, 9.17) is 0 Å². The molecule has 0 heterocycles. The van der Waals surface area contributed by atoms with Gasteiger partial charge in [-0.25, -0.2) is 8.42 Å². The molecule has 0 radical (unpaired) electrons. The maximum atomic E-state index is 10.4. The van der Waals surface area contributed by atoms with Gasteiger partial charge in [-0.05, 0) is 43.6 Å². The van der Waals surface area contributed by atoms with Crippen molar-refractivity contribution >= 4 is 21.9 Å². The number of aliphatic hydroxyl groups excluding tert-OH is 1. The van der Waals surface area contributed by atoms with Crippen molar-refractivity contribution in [2.75, 3.05) is 17.3 Å². The van der Waals surface area contributed by atoms with Gasteiger partial charge in [0.2, 0.25) is 0 Å². The molecule has 7 heteroatoms. The van der Waals surface area contributed by atoms with Crippen LogP contribution in [-0.2, 0) is 10.1 Å². The molecule has 0 unspecified atom stereocenters. The molecule has 0 spiro atoms. The van der Waals surface area contributed by atoms with Crippen LogP contribution in [0, 0.1) is 0 Å². The molecular weight excluding hydrogens is 355 g/mol. The maximum Gasteiger partial charge on any atom is 1.00 e. The second-order valence-electron chi connectivity index (χ2n) is 5.92. The van der Waals surface area contributed by atoms with Gasteiger partial charge >= 0.3 is 29.6 Å². The largest absolute Gasteiger partial charge is 1.00 e. The quantitative estimate of drug-likeness (QED) is 0.185. The van der Waals surface area contributed by atoms with Gasteiger partial charge in [-0.15, -0.1) is 0 Å². The molecule has 0 bridgehead atoms. The second-order valence-corrected chi connectivity index (χ2v) is 8.67. The van der Waals surface area contributed by atoms with Crippen LogP contribution in [0.3, 0.4) is 0 Å². The molecule has 1 atom stereocenters. The van der Waals surface area contributed by atoms with E-state index < -0.39 is 10.1 Å². The summed E-state index contributed by atoms with van der Waals surface area (Å²) in [7, 11) is -4.03. The van der Waals surface area contributed by atoms with E-state index in [0.717, 1.165) is 43.6 Å². The zero-order valence-electron chi connectivity index (χ0n) is 15.4. The Hall–Kier alpha value is 0.960. The Morgan fingerprint density at radius 1 is 1.04 bits per heavy atom. The first-order valence-electron chi connectivity index (χ1n) is 8.81. The fourth-order valence-corrected chi connectivity index (χ4v) is 3.84. The second kappa shape index (κ2) is 18.7. The fourth-order valence-electron chi connectivity index (χ4n) is 2.20. The smallest absolute Gasteiger partial charge is 0.748 e. The van der Waals surface area contributed by atoms with Gasteiger partial charge in [-0.2, -0.15) is 11.8 Å². The SMILES string of the molecule is CCCC[C@@H](O)/C=C\CCCCCCCSCCCS(=O)(=O)[O-].[Na+]. The van der Waals surface area contributed by atoms with E-state index in [2.05, 4.69) is 13.0 Å². The third-order valence-corrected chi connectivity index (χ3v) is 5.50. The van der Waals surface area contributed by atoms with Gasteiger partial charge in [0.05, 0.1) is 16.2 Å². The van der Waals surface area contributed by atoms with Crippen LogP contribution < -0.4 is 29.6 Å². The van der Waals surface area contributed by atoms with Gasteiger partial charge in [0, 0.05) is 5.75 Å². The van der Waals surface area contributed by atoms with Crippen molar-refractivity contribution in [2.24, 2.45) is 0 Å². The molecule has 0 fully saturated rings. The topological polar surface area (TPSA) is 77.4 Å². The number of rotatable bonds is 16. The van der Waals surface area contributed by atoms with Gasteiger partial charge in [-0.1, -0.05) is 51.2 Å². The van der Waals surface area contributed by atoms with Gasteiger partial charge in [0.25, 0.3) is 0 Å². The number of hydrogen-bond acceptors (Lipinski definition) is 5. The van der Waals surface area contributed by atoms with Gasteiger partial charge < -0.3 is 9.66 Å². The zero-order chi connectivity index (χ0) is 17.4. The van der Waals surface area contributed by atoms with E-state index in [1.807, 2.05) is 6.08 Å². The first-order chi connectivity index (χ1) is 11.0. The molecule has 0 aliphatic heterocycles. The van der Waals surface area contributed by atoms with Crippen LogP contribution in [-0.4, -0.2) is 41.4 Å². The molecule has 0 aliphatic carbocycles. The first kappa shape index (κ1) is 27.2. The van der Waals surface area contributed by atoms with Crippen LogP contribution >= 0.6 is 11.8 Å². The van der Waals surface area contributed by atoms with Crippen molar-refractivity contribution in [3.63, 3.8) is 0 Å². The van der Waals surface area contributed by atoms with Crippen molar-refractivity contribution in [3.05, 3.63) is 12.2 Å². The summed E-state index contributed by atoms with van der Waals surface area (Å²) >= 11 is 1.73. The van der Waals surface area contributed by atoms with Crippen LogP contribution in [0.1, 0.15) is 71.1 Å². The Balaban J connectivity index is 0. The summed E-state index contributed by atoms with van der Waals surface area (Å²) < 4.78 is 31.2. The molecule has 4 nitrogen and oxygen atoms in total. The predicted molar refractivity (Wildman–Crippen MR) is 98.9 cm³/mol. The third-order valence-electron chi connectivity index (χ3n) is 3.55. The number of allylic oxidation sites excluding steroid dienone is 1. The van der Waals surface area contributed by atoms with E-state index in [0.29, 0.717) is 6.42 Å². The monoisotopic (exact) mass is 388 g/mol. The molecule has 0 aromatic carbocycles. The molecule has 0 aliphatic rings. The van der Waals surface area contributed by atoms with Crippen molar-refractivity contribution < 1.29 is 47.6 Å². The standard InChI is InChI=1S/C17H34O4S2.Na/c1-2-3-12-17(18)13-9-7-5-4-6-8-10-14-22-15-11-16-23(19,20)21;/h9,13,17-18H,2-8,10-12,14-16H2,1H3,(H,19,20,21);/q;+1/p-1/b13-9-;/t17-;/m1./s1. The Morgan fingerprint density at radius 3 is 2.33 bits per heavy atom. The van der Waals surface area contributed by atoms with Crippen LogP contribution in [0.15, 0.2) is 12.2 Å². The van der Waals surface area contributed by atoms with Crippen LogP contribution in [0.25, 0.3) is 0 Å². The molecule has 138 valence electrons. The Labute approximate surface area is 175 Å². The molecule has 0 saturated carbocycles. The Bertz CT molecular complexity index is 386. The molecule has 0 rings (SSSR count). The number of unbranched alkanes of at least 4 members (excludes halogenated alkanes) is 6. The van der Waals surface area contributed by atoms with E-state index in [-0.39, 0.29) is 41.4 Å². The van der Waals surface area contributed by atoms with E-state index in [1.165, 1.54) is 25.7 Å². The molecule has 0 saturated heterocycles. The molecule has 24 heavy (non-hydrogen) atoms. The molecule has 0 amide bonds. The molecule has 0 aromatic rings. The predicted octanol–water partition coefficient (Wildman–Crippen LogP) is 1.11. The van der Waals surface area contributed by atoms with Crippen LogP contribution in [0.5, 0.6) is 0 Å². The Morgan fingerprint density at radius 2 is 1.67 bits per heavy atom. The maximum absolute atomic E-state index is 10.4. The van der Waals surface area contributed by atoms with Crippen LogP contribution in [0.2, 0.25) is 0 Å². The average molecular weight is 389 g/mol. The van der Waals surface area contributed by atoms with Crippen molar-refractivity contribution in [3.8, 4) is 0 Å². The normalized spacial score (nSPS) is 13.1. The molecular formula is C17H33NaO4S2. The summed E-state index contributed by atoms with van der Waals surface area (Å²) in [5, 5.41) is 9.65. The minimum Gasteiger partial charge on any atom is -0.748 e. The summed E-state index contributed by atoms with van der Waals surface area (Å²) in [6.07, 6.45) is 14.3. The molecule has 0 aromatic heterocycles. The number of thioether (sulfide) groups is 1. The van der Waals surface area contributed by atoms with Crippen LogP contribution in [0.4, 0.5) is 0 Å².